The van der Waals surface area contributed by atoms with E-state index < -0.39 is 6.04 Å². The van der Waals surface area contributed by atoms with Crippen LogP contribution in [0.3, 0.4) is 0 Å². The van der Waals surface area contributed by atoms with Crippen LogP contribution in [0.15, 0.2) is 65.7 Å². The molecule has 0 spiro atoms. The Balaban J connectivity index is 1.27. The van der Waals surface area contributed by atoms with Crippen LogP contribution in [0.4, 0.5) is 5.82 Å². The second kappa shape index (κ2) is 10.5. The molecule has 3 heterocycles. The van der Waals surface area contributed by atoms with E-state index in [1.54, 1.807) is 41.3 Å². The van der Waals surface area contributed by atoms with Crippen LogP contribution in [0.5, 0.6) is 11.5 Å². The van der Waals surface area contributed by atoms with Crippen molar-refractivity contribution in [2.45, 2.75) is 13.0 Å². The van der Waals surface area contributed by atoms with Crippen molar-refractivity contribution in [1.82, 2.24) is 19.8 Å². The third-order valence-electron chi connectivity index (χ3n) is 5.60. The van der Waals surface area contributed by atoms with Crippen molar-refractivity contribution in [3.63, 3.8) is 0 Å². The van der Waals surface area contributed by atoms with Gasteiger partial charge in [0.2, 0.25) is 11.5 Å². The summed E-state index contributed by atoms with van der Waals surface area (Å²) >= 11 is 5.88. The number of H-pyrrole nitrogens is 1. The van der Waals surface area contributed by atoms with Crippen molar-refractivity contribution in [3.8, 4) is 11.5 Å². The van der Waals surface area contributed by atoms with Gasteiger partial charge in [0.1, 0.15) is 17.3 Å². The summed E-state index contributed by atoms with van der Waals surface area (Å²) in [5, 5.41) is 3.45. The smallest absolute Gasteiger partial charge is 0.255 e. The highest BCUT2D eigenvalue weighted by Gasteiger charge is 2.28. The molecule has 4 rings (SSSR count). The summed E-state index contributed by atoms with van der Waals surface area (Å²) in [5.74, 6) is 1.27. The molecule has 1 fully saturated rings. The SMILES string of the molecule is CC(C(=O)Nc1ccc(Oc2ccc(Cl)cc2)cn1)N1CCN(C(=O)c2ccc(=O)[nH]c2)CC1. The number of aromatic amines is 1. The molecule has 1 saturated heterocycles. The maximum Gasteiger partial charge on any atom is 0.255 e. The molecule has 0 radical (unpaired) electrons. The summed E-state index contributed by atoms with van der Waals surface area (Å²) in [6.07, 6.45) is 2.96. The zero-order valence-corrected chi connectivity index (χ0v) is 19.3. The number of carbonyl (C=O) groups is 2. The van der Waals surface area contributed by atoms with Gasteiger partial charge in [0.25, 0.3) is 5.91 Å². The number of amides is 2. The van der Waals surface area contributed by atoms with Crippen LogP contribution in [0, 0.1) is 0 Å². The lowest BCUT2D eigenvalue weighted by Crippen LogP contribution is -2.54. The van der Waals surface area contributed by atoms with E-state index in [4.69, 9.17) is 16.3 Å². The van der Waals surface area contributed by atoms with Gasteiger partial charge in [-0.1, -0.05) is 11.6 Å². The number of hydrogen-bond acceptors (Lipinski definition) is 6. The van der Waals surface area contributed by atoms with Crippen LogP contribution >= 0.6 is 11.6 Å². The van der Waals surface area contributed by atoms with E-state index in [9.17, 15) is 14.4 Å². The predicted molar refractivity (Wildman–Crippen MR) is 128 cm³/mol. The molecule has 1 aromatic carbocycles. The molecular formula is C24H24ClN5O4. The summed E-state index contributed by atoms with van der Waals surface area (Å²) in [5.41, 5.74) is 0.188. The molecular weight excluding hydrogens is 458 g/mol. The highest BCUT2D eigenvalue weighted by Crippen LogP contribution is 2.23. The number of benzene rings is 1. The lowest BCUT2D eigenvalue weighted by atomic mass is 10.2. The second-order valence-electron chi connectivity index (χ2n) is 7.87. The molecule has 1 aliphatic heterocycles. The molecule has 1 atom stereocenters. The van der Waals surface area contributed by atoms with Crippen molar-refractivity contribution >= 4 is 29.2 Å². The molecule has 1 unspecified atom stereocenters. The first-order chi connectivity index (χ1) is 16.4. The first-order valence-corrected chi connectivity index (χ1v) is 11.2. The van der Waals surface area contributed by atoms with E-state index in [-0.39, 0.29) is 17.4 Å². The number of pyridine rings is 2. The van der Waals surface area contributed by atoms with Crippen molar-refractivity contribution < 1.29 is 14.3 Å². The number of ether oxygens (including phenoxy) is 1. The van der Waals surface area contributed by atoms with Gasteiger partial charge in [0.15, 0.2) is 0 Å². The number of halogens is 1. The highest BCUT2D eigenvalue weighted by molar-refractivity contribution is 6.30. The van der Waals surface area contributed by atoms with E-state index >= 15 is 0 Å². The third-order valence-corrected chi connectivity index (χ3v) is 5.85. The Morgan fingerprint density at radius 1 is 1.03 bits per heavy atom. The van der Waals surface area contributed by atoms with Crippen LogP contribution < -0.4 is 15.6 Å². The number of rotatable bonds is 6. The average molecular weight is 482 g/mol. The van der Waals surface area contributed by atoms with Crippen molar-refractivity contribution in [1.29, 1.82) is 0 Å². The van der Waals surface area contributed by atoms with Crippen LogP contribution in [0.1, 0.15) is 17.3 Å². The van der Waals surface area contributed by atoms with Crippen molar-refractivity contribution in [3.05, 3.63) is 81.9 Å². The van der Waals surface area contributed by atoms with Gasteiger partial charge in [-0.2, -0.15) is 0 Å². The summed E-state index contributed by atoms with van der Waals surface area (Å²) in [4.78, 5) is 47.0. The molecule has 2 aromatic heterocycles. The Labute approximate surface area is 201 Å². The number of aromatic nitrogens is 2. The lowest BCUT2D eigenvalue weighted by Gasteiger charge is -2.37. The van der Waals surface area contributed by atoms with Crippen LogP contribution in [0.2, 0.25) is 5.02 Å². The van der Waals surface area contributed by atoms with E-state index in [0.29, 0.717) is 54.1 Å². The van der Waals surface area contributed by atoms with Gasteiger partial charge in [-0.05, 0) is 49.4 Å². The molecule has 1 aliphatic rings. The first-order valence-electron chi connectivity index (χ1n) is 10.8. The quantitative estimate of drug-likeness (QED) is 0.560. The maximum atomic E-state index is 12.7. The Bertz CT molecular complexity index is 1180. The average Bonchev–Trinajstić information content (AvgIpc) is 2.86. The van der Waals surface area contributed by atoms with Gasteiger partial charge in [-0.15, -0.1) is 0 Å². The maximum absolute atomic E-state index is 12.7. The van der Waals surface area contributed by atoms with E-state index in [2.05, 4.69) is 15.3 Å². The highest BCUT2D eigenvalue weighted by atomic mass is 35.5. The first kappa shape index (κ1) is 23.5. The summed E-state index contributed by atoms with van der Waals surface area (Å²) < 4.78 is 5.71. The molecule has 0 aliphatic carbocycles. The number of nitrogens with one attached hydrogen (secondary N) is 2. The monoisotopic (exact) mass is 481 g/mol. The van der Waals surface area contributed by atoms with E-state index in [0.717, 1.165) is 0 Å². The Hall–Kier alpha value is -3.69. The van der Waals surface area contributed by atoms with Crippen LogP contribution in [0.25, 0.3) is 0 Å². The Morgan fingerprint density at radius 2 is 1.74 bits per heavy atom. The summed E-state index contributed by atoms with van der Waals surface area (Å²) in [6, 6.07) is 12.8. The molecule has 176 valence electrons. The van der Waals surface area contributed by atoms with Gasteiger partial charge in [0.05, 0.1) is 17.8 Å². The molecule has 0 saturated carbocycles. The lowest BCUT2D eigenvalue weighted by molar-refractivity contribution is -0.121. The fourth-order valence-electron chi connectivity index (χ4n) is 3.59. The summed E-state index contributed by atoms with van der Waals surface area (Å²) in [6.45, 7) is 3.93. The minimum absolute atomic E-state index is 0.141. The molecule has 2 N–H and O–H groups in total. The van der Waals surface area contributed by atoms with Gasteiger partial charge in [-0.3, -0.25) is 19.3 Å². The molecule has 9 nitrogen and oxygen atoms in total. The fraction of sp³-hybridized carbons (Fsp3) is 0.250. The number of hydrogen-bond donors (Lipinski definition) is 2. The normalized spacial score (nSPS) is 14.9. The zero-order chi connectivity index (χ0) is 24.1. The third kappa shape index (κ3) is 5.81. The minimum atomic E-state index is -0.392. The number of nitrogens with zero attached hydrogens (tertiary/aromatic N) is 3. The van der Waals surface area contributed by atoms with Crippen molar-refractivity contribution in [2.75, 3.05) is 31.5 Å². The molecule has 0 bridgehead atoms. The molecule has 2 amide bonds. The van der Waals surface area contributed by atoms with Crippen molar-refractivity contribution in [2.24, 2.45) is 0 Å². The van der Waals surface area contributed by atoms with Gasteiger partial charge >= 0.3 is 0 Å². The second-order valence-corrected chi connectivity index (χ2v) is 8.31. The fourth-order valence-corrected chi connectivity index (χ4v) is 3.71. The minimum Gasteiger partial charge on any atom is -0.456 e. The number of carbonyl (C=O) groups excluding carboxylic acids is 2. The molecule has 3 aromatic rings. The molecule has 34 heavy (non-hydrogen) atoms. The number of anilines is 1. The molecule has 10 heteroatoms. The van der Waals surface area contributed by atoms with Gasteiger partial charge in [-0.25, -0.2) is 4.98 Å². The van der Waals surface area contributed by atoms with E-state index in [1.165, 1.54) is 24.5 Å². The summed E-state index contributed by atoms with van der Waals surface area (Å²) in [7, 11) is 0. The zero-order valence-electron chi connectivity index (χ0n) is 18.5. The van der Waals surface area contributed by atoms with Crippen LogP contribution in [-0.4, -0.2) is 63.8 Å². The Morgan fingerprint density at radius 3 is 2.35 bits per heavy atom. The standard InChI is InChI=1S/C24H24ClN5O4/c1-16(29-10-12-30(13-11-29)24(33)17-2-9-22(31)27-14-17)23(32)28-21-8-7-20(15-26-21)34-19-5-3-18(25)4-6-19/h2-9,14-16H,10-13H2,1H3,(H,27,31)(H,26,28,32). The number of piperazine rings is 1. The topological polar surface area (TPSA) is 108 Å². The van der Waals surface area contributed by atoms with Gasteiger partial charge < -0.3 is 19.9 Å². The van der Waals surface area contributed by atoms with Gasteiger partial charge in [0, 0.05) is 43.5 Å². The largest absolute Gasteiger partial charge is 0.456 e. The predicted octanol–water partition coefficient (Wildman–Crippen LogP) is 3.00. The van der Waals surface area contributed by atoms with E-state index in [1.807, 2.05) is 11.8 Å². The van der Waals surface area contributed by atoms with Crippen LogP contribution in [-0.2, 0) is 4.79 Å². The Kier molecular flexibility index (Phi) is 7.24.